The molecule has 0 unspecified atom stereocenters. The number of amides is 1. The Kier molecular flexibility index (Phi) is 6.99. The molecule has 1 amide bonds. The lowest BCUT2D eigenvalue weighted by atomic mass is 10.2. The molecule has 0 aliphatic rings. The highest BCUT2D eigenvalue weighted by Gasteiger charge is 2.16. The van der Waals surface area contributed by atoms with Crippen LogP contribution in [0.15, 0.2) is 41.6 Å². The number of oxime groups is 1. The van der Waals surface area contributed by atoms with Gasteiger partial charge in [-0.1, -0.05) is 17.3 Å². The van der Waals surface area contributed by atoms with E-state index < -0.39 is 17.8 Å². The predicted molar refractivity (Wildman–Crippen MR) is 99.3 cm³/mol. The Morgan fingerprint density at radius 1 is 1.11 bits per heavy atom. The second kappa shape index (κ2) is 9.42. The molecule has 7 nitrogen and oxygen atoms in total. The molecular formula is C19H21FN2O5. The molecule has 0 saturated heterocycles. The van der Waals surface area contributed by atoms with Gasteiger partial charge >= 0.3 is 0 Å². The van der Waals surface area contributed by atoms with Crippen LogP contribution in [0.25, 0.3) is 0 Å². The number of benzene rings is 2. The van der Waals surface area contributed by atoms with Crippen molar-refractivity contribution in [3.63, 3.8) is 0 Å². The second-order valence-corrected chi connectivity index (χ2v) is 5.41. The highest BCUT2D eigenvalue weighted by atomic mass is 19.1. The number of anilines is 1. The predicted octanol–water partition coefficient (Wildman–Crippen LogP) is 3.23. The summed E-state index contributed by atoms with van der Waals surface area (Å²) >= 11 is 0. The quantitative estimate of drug-likeness (QED) is 0.565. The Hall–Kier alpha value is -3.29. The van der Waals surface area contributed by atoms with E-state index in [1.54, 1.807) is 18.2 Å². The largest absolute Gasteiger partial charge is 0.493 e. The Morgan fingerprint density at radius 3 is 2.30 bits per heavy atom. The third-order valence-electron chi connectivity index (χ3n) is 3.61. The molecule has 0 radical (unpaired) electrons. The van der Waals surface area contributed by atoms with E-state index in [-0.39, 0.29) is 5.69 Å². The van der Waals surface area contributed by atoms with Crippen LogP contribution in [-0.4, -0.2) is 39.6 Å². The zero-order chi connectivity index (χ0) is 19.8. The minimum atomic E-state index is -0.928. The maximum atomic E-state index is 13.6. The van der Waals surface area contributed by atoms with Crippen molar-refractivity contribution < 1.29 is 28.2 Å². The molecule has 8 heteroatoms. The molecule has 1 atom stereocenters. The average molecular weight is 376 g/mol. The first-order valence-corrected chi connectivity index (χ1v) is 8.04. The zero-order valence-electron chi connectivity index (χ0n) is 15.5. The van der Waals surface area contributed by atoms with Crippen molar-refractivity contribution in [2.45, 2.75) is 13.0 Å². The Bertz CT molecular complexity index is 800. The number of carbonyl (C=O) groups excluding carboxylic acids is 1. The fraction of sp³-hybridized carbons (Fsp3) is 0.263. The van der Waals surface area contributed by atoms with E-state index >= 15 is 0 Å². The lowest BCUT2D eigenvalue weighted by Gasteiger charge is -2.13. The summed E-state index contributed by atoms with van der Waals surface area (Å²) in [7, 11) is 4.51. The van der Waals surface area contributed by atoms with Crippen LogP contribution < -0.4 is 19.5 Å². The van der Waals surface area contributed by atoms with Crippen LogP contribution in [0.5, 0.6) is 17.2 Å². The van der Waals surface area contributed by atoms with Gasteiger partial charge in [0.25, 0.3) is 5.91 Å². The van der Waals surface area contributed by atoms with Crippen molar-refractivity contribution in [3.8, 4) is 17.2 Å². The summed E-state index contributed by atoms with van der Waals surface area (Å²) in [6, 6.07) is 9.22. The Labute approximate surface area is 156 Å². The van der Waals surface area contributed by atoms with Crippen LogP contribution in [-0.2, 0) is 9.63 Å². The minimum absolute atomic E-state index is 0.0755. The number of nitrogens with zero attached hydrogens (tertiary/aromatic N) is 1. The van der Waals surface area contributed by atoms with Crippen LogP contribution in [0.2, 0.25) is 0 Å². The monoisotopic (exact) mass is 376 g/mol. The van der Waals surface area contributed by atoms with E-state index in [1.807, 2.05) is 0 Å². The zero-order valence-corrected chi connectivity index (χ0v) is 15.5. The molecular weight excluding hydrogens is 355 g/mol. The first kappa shape index (κ1) is 20.0. The summed E-state index contributed by atoms with van der Waals surface area (Å²) in [6.45, 7) is 1.50. The summed E-state index contributed by atoms with van der Waals surface area (Å²) < 4.78 is 29.3. The molecule has 0 heterocycles. The number of hydrogen-bond donors (Lipinski definition) is 1. The molecule has 27 heavy (non-hydrogen) atoms. The Morgan fingerprint density at radius 2 is 1.74 bits per heavy atom. The van der Waals surface area contributed by atoms with E-state index in [1.165, 1.54) is 52.7 Å². The van der Waals surface area contributed by atoms with E-state index in [4.69, 9.17) is 19.0 Å². The van der Waals surface area contributed by atoms with E-state index in [9.17, 15) is 9.18 Å². The van der Waals surface area contributed by atoms with Gasteiger partial charge in [0.1, 0.15) is 5.82 Å². The molecule has 1 N–H and O–H groups in total. The summed E-state index contributed by atoms with van der Waals surface area (Å²) in [5.74, 6) is 0.323. The normalized spacial score (nSPS) is 11.7. The van der Waals surface area contributed by atoms with Gasteiger partial charge in [0.05, 0.1) is 33.2 Å². The number of nitrogens with one attached hydrogen (secondary N) is 1. The smallest absolute Gasteiger partial charge is 0.268 e. The van der Waals surface area contributed by atoms with Gasteiger partial charge in [-0.05, 0) is 31.2 Å². The molecule has 0 aromatic heterocycles. The van der Waals surface area contributed by atoms with Gasteiger partial charge in [0.15, 0.2) is 11.5 Å². The van der Waals surface area contributed by atoms with Crippen molar-refractivity contribution in [1.29, 1.82) is 0 Å². The Balaban J connectivity index is 2.04. The number of hydrogen-bond acceptors (Lipinski definition) is 6. The van der Waals surface area contributed by atoms with Gasteiger partial charge < -0.3 is 24.4 Å². The van der Waals surface area contributed by atoms with Crippen LogP contribution in [0.1, 0.15) is 12.5 Å². The van der Waals surface area contributed by atoms with Crippen LogP contribution in [0.4, 0.5) is 10.1 Å². The molecule has 2 rings (SSSR count). The van der Waals surface area contributed by atoms with Crippen LogP contribution >= 0.6 is 0 Å². The number of carbonyl (C=O) groups is 1. The second-order valence-electron chi connectivity index (χ2n) is 5.41. The van der Waals surface area contributed by atoms with Gasteiger partial charge in [-0.3, -0.25) is 4.79 Å². The van der Waals surface area contributed by atoms with E-state index in [2.05, 4.69) is 10.5 Å². The number of para-hydroxylation sites is 1. The van der Waals surface area contributed by atoms with Crippen molar-refractivity contribution in [1.82, 2.24) is 0 Å². The summed E-state index contributed by atoms with van der Waals surface area (Å²) in [4.78, 5) is 17.2. The van der Waals surface area contributed by atoms with Crippen LogP contribution in [0.3, 0.4) is 0 Å². The molecule has 0 aliphatic carbocycles. The maximum Gasteiger partial charge on any atom is 0.268 e. The molecule has 0 aliphatic heterocycles. The third-order valence-corrected chi connectivity index (χ3v) is 3.61. The standard InChI is InChI=1S/C19H21FN2O5/c1-12(19(23)22-15-8-6-5-7-14(15)20)27-21-11-13-9-16(24-2)18(26-4)17(10-13)25-3/h5-12H,1-4H3,(H,22,23)/b21-11-/t12-/m1/s1. The van der Waals surface area contributed by atoms with Crippen molar-refractivity contribution in [3.05, 3.63) is 47.8 Å². The molecule has 144 valence electrons. The molecule has 0 spiro atoms. The number of methoxy groups -OCH3 is 3. The van der Waals surface area contributed by atoms with E-state index in [0.29, 0.717) is 22.8 Å². The molecule has 2 aromatic rings. The fourth-order valence-electron chi connectivity index (χ4n) is 2.20. The summed E-state index contributed by atoms with van der Waals surface area (Å²) in [5, 5.41) is 6.24. The van der Waals surface area contributed by atoms with Crippen molar-refractivity contribution in [2.24, 2.45) is 5.16 Å². The average Bonchev–Trinajstić information content (AvgIpc) is 2.68. The van der Waals surface area contributed by atoms with Crippen molar-refractivity contribution in [2.75, 3.05) is 26.6 Å². The minimum Gasteiger partial charge on any atom is -0.493 e. The van der Waals surface area contributed by atoms with Gasteiger partial charge in [0, 0.05) is 5.56 Å². The van der Waals surface area contributed by atoms with Crippen LogP contribution in [0, 0.1) is 5.82 Å². The number of ether oxygens (including phenoxy) is 3. The first-order valence-electron chi connectivity index (χ1n) is 8.04. The van der Waals surface area contributed by atoms with Gasteiger partial charge in [-0.2, -0.15) is 0 Å². The third kappa shape index (κ3) is 5.10. The highest BCUT2D eigenvalue weighted by molar-refractivity contribution is 5.94. The molecule has 0 fully saturated rings. The lowest BCUT2D eigenvalue weighted by Crippen LogP contribution is -2.26. The summed E-state index contributed by atoms with van der Waals surface area (Å²) in [5.41, 5.74) is 0.692. The lowest BCUT2D eigenvalue weighted by molar-refractivity contribution is -0.126. The summed E-state index contributed by atoms with van der Waals surface area (Å²) in [6.07, 6.45) is 0.472. The maximum absolute atomic E-state index is 13.6. The molecule has 0 saturated carbocycles. The fourth-order valence-corrected chi connectivity index (χ4v) is 2.20. The number of halogens is 1. The SMILES string of the molecule is COc1cc(/C=N\O[C@H](C)C(=O)Nc2ccccc2F)cc(OC)c1OC. The van der Waals surface area contributed by atoms with Gasteiger partial charge in [-0.15, -0.1) is 0 Å². The van der Waals surface area contributed by atoms with Gasteiger partial charge in [0.2, 0.25) is 11.9 Å². The van der Waals surface area contributed by atoms with E-state index in [0.717, 1.165) is 0 Å². The molecule has 0 bridgehead atoms. The van der Waals surface area contributed by atoms with Gasteiger partial charge in [-0.25, -0.2) is 4.39 Å². The van der Waals surface area contributed by atoms with Crippen molar-refractivity contribution >= 4 is 17.8 Å². The highest BCUT2D eigenvalue weighted by Crippen LogP contribution is 2.37. The topological polar surface area (TPSA) is 78.4 Å². The first-order chi connectivity index (χ1) is 13.0. The molecule has 2 aromatic carbocycles. The number of rotatable bonds is 8.